The van der Waals surface area contributed by atoms with Crippen molar-refractivity contribution < 1.29 is 32.8 Å². The number of hydrogen-bond donors (Lipinski definition) is 2. The fourth-order valence-electron chi connectivity index (χ4n) is 6.59. The van der Waals surface area contributed by atoms with Crippen LogP contribution in [0.1, 0.15) is 219 Å². The highest BCUT2D eigenvalue weighted by molar-refractivity contribution is 7.47. The maximum Gasteiger partial charge on any atom is 0.472 e. The summed E-state index contributed by atoms with van der Waals surface area (Å²) in [6, 6.07) is 0. The number of phosphoric ester groups is 1. The molecular weight excluding hydrogens is 721 g/mol. The first-order chi connectivity index (χ1) is 27.4. The number of unbranched alkanes of at least 4 members (excludes halogenated alkanes) is 26. The molecule has 9 heteroatoms. The van der Waals surface area contributed by atoms with Crippen molar-refractivity contribution in [2.75, 3.05) is 33.0 Å². The zero-order valence-electron chi connectivity index (χ0n) is 36.6. The van der Waals surface area contributed by atoms with Crippen molar-refractivity contribution in [3.63, 3.8) is 0 Å². The molecule has 56 heavy (non-hydrogen) atoms. The Bertz CT molecular complexity index is 957. The van der Waals surface area contributed by atoms with Crippen LogP contribution in [0.5, 0.6) is 0 Å². The lowest BCUT2D eigenvalue weighted by atomic mass is 10.0. The lowest BCUT2D eigenvalue weighted by Crippen LogP contribution is -2.28. The summed E-state index contributed by atoms with van der Waals surface area (Å²) < 4.78 is 33.5. The van der Waals surface area contributed by atoms with Crippen LogP contribution in [0.3, 0.4) is 0 Å². The van der Waals surface area contributed by atoms with E-state index in [9.17, 15) is 14.3 Å². The molecule has 0 saturated heterocycles. The van der Waals surface area contributed by atoms with Gasteiger partial charge in [0.05, 0.1) is 19.8 Å². The number of carbonyl (C=O) groups is 1. The summed E-state index contributed by atoms with van der Waals surface area (Å²) in [7, 11) is -4.28. The Hall–Kier alpha value is -1.28. The van der Waals surface area contributed by atoms with E-state index in [0.29, 0.717) is 13.0 Å². The van der Waals surface area contributed by atoms with E-state index in [1.165, 1.54) is 148 Å². The van der Waals surface area contributed by atoms with E-state index in [2.05, 4.69) is 50.3 Å². The van der Waals surface area contributed by atoms with E-state index in [1.54, 1.807) is 0 Å². The fraction of sp³-hybridized carbons (Fsp3) is 0.851. The molecule has 2 unspecified atom stereocenters. The minimum absolute atomic E-state index is 0.0966. The van der Waals surface area contributed by atoms with Crippen molar-refractivity contribution in [3.05, 3.63) is 36.5 Å². The minimum atomic E-state index is -4.28. The zero-order chi connectivity index (χ0) is 40.9. The smallest absolute Gasteiger partial charge is 0.457 e. The van der Waals surface area contributed by atoms with E-state index < -0.39 is 13.9 Å². The zero-order valence-corrected chi connectivity index (χ0v) is 37.5. The summed E-state index contributed by atoms with van der Waals surface area (Å²) in [6.07, 6.45) is 51.6. The number of ether oxygens (including phenoxy) is 2. The van der Waals surface area contributed by atoms with Gasteiger partial charge in [-0.1, -0.05) is 198 Å². The van der Waals surface area contributed by atoms with Crippen molar-refractivity contribution in [1.82, 2.24) is 0 Å². The van der Waals surface area contributed by atoms with Crippen LogP contribution < -0.4 is 5.73 Å². The van der Waals surface area contributed by atoms with Gasteiger partial charge in [-0.2, -0.15) is 0 Å². The third kappa shape index (κ3) is 43.8. The number of esters is 1. The topological polar surface area (TPSA) is 117 Å². The summed E-state index contributed by atoms with van der Waals surface area (Å²) in [5.74, 6) is -0.332. The Morgan fingerprint density at radius 2 is 0.946 bits per heavy atom. The molecule has 0 heterocycles. The van der Waals surface area contributed by atoms with Crippen LogP contribution in [0.2, 0.25) is 0 Å². The molecule has 2 atom stereocenters. The molecule has 0 aliphatic rings. The quantitative estimate of drug-likeness (QED) is 0.0270. The molecule has 0 rings (SSSR count). The van der Waals surface area contributed by atoms with Gasteiger partial charge in [-0.05, 0) is 51.4 Å². The predicted octanol–water partition coefficient (Wildman–Crippen LogP) is 14.2. The van der Waals surface area contributed by atoms with Crippen molar-refractivity contribution >= 4 is 13.8 Å². The highest BCUT2D eigenvalue weighted by Gasteiger charge is 2.25. The van der Waals surface area contributed by atoms with Gasteiger partial charge >= 0.3 is 13.8 Å². The van der Waals surface area contributed by atoms with Gasteiger partial charge in [0.1, 0.15) is 6.10 Å². The molecule has 0 aliphatic heterocycles. The van der Waals surface area contributed by atoms with Crippen LogP contribution in [0.15, 0.2) is 36.5 Å². The van der Waals surface area contributed by atoms with Crippen LogP contribution in [0.25, 0.3) is 0 Å². The van der Waals surface area contributed by atoms with Crippen LogP contribution in [-0.2, 0) is 27.9 Å². The van der Waals surface area contributed by atoms with Crippen LogP contribution in [0, 0.1) is 0 Å². The number of nitrogens with two attached hydrogens (primary N) is 1. The van der Waals surface area contributed by atoms with Crippen molar-refractivity contribution in [1.29, 1.82) is 0 Å². The minimum Gasteiger partial charge on any atom is -0.457 e. The SMILES string of the molecule is CCCCCCC/C=C\C/C=C\C/C=C\CCCCCCCCCOCC(COP(=O)(O)OCCN)OC(=O)CCCCCCCCCCCCCCCCC. The lowest BCUT2D eigenvalue weighted by molar-refractivity contribution is -0.154. The Morgan fingerprint density at radius 1 is 0.536 bits per heavy atom. The summed E-state index contributed by atoms with van der Waals surface area (Å²) in [5.41, 5.74) is 5.38. The molecule has 0 aromatic carbocycles. The molecule has 330 valence electrons. The lowest BCUT2D eigenvalue weighted by Gasteiger charge is -2.20. The molecule has 0 saturated carbocycles. The van der Waals surface area contributed by atoms with Gasteiger partial charge in [0.15, 0.2) is 0 Å². The molecule has 0 amide bonds. The van der Waals surface area contributed by atoms with E-state index in [-0.39, 0.29) is 32.3 Å². The van der Waals surface area contributed by atoms with Crippen LogP contribution in [-0.4, -0.2) is 49.9 Å². The molecule has 0 spiro atoms. The normalized spacial score (nSPS) is 13.7. The van der Waals surface area contributed by atoms with E-state index >= 15 is 0 Å². The third-order valence-corrected chi connectivity index (χ3v) is 11.0. The Morgan fingerprint density at radius 3 is 1.41 bits per heavy atom. The van der Waals surface area contributed by atoms with E-state index in [4.69, 9.17) is 24.3 Å². The van der Waals surface area contributed by atoms with Gasteiger partial charge < -0.3 is 20.1 Å². The number of rotatable bonds is 45. The molecule has 0 radical (unpaired) electrons. The summed E-state index contributed by atoms with van der Waals surface area (Å²) in [5, 5.41) is 0. The maximum atomic E-state index is 12.6. The highest BCUT2D eigenvalue weighted by atomic mass is 31.2. The number of hydrogen-bond acceptors (Lipinski definition) is 7. The Kier molecular flexibility index (Phi) is 43.8. The van der Waals surface area contributed by atoms with E-state index in [1.807, 2.05) is 0 Å². The highest BCUT2D eigenvalue weighted by Crippen LogP contribution is 2.43. The molecule has 0 aliphatic carbocycles. The largest absolute Gasteiger partial charge is 0.472 e. The molecule has 0 aromatic heterocycles. The second kappa shape index (κ2) is 44.8. The van der Waals surface area contributed by atoms with Crippen LogP contribution >= 0.6 is 7.82 Å². The van der Waals surface area contributed by atoms with Crippen molar-refractivity contribution in [2.45, 2.75) is 225 Å². The fourth-order valence-corrected chi connectivity index (χ4v) is 7.36. The summed E-state index contributed by atoms with van der Waals surface area (Å²) >= 11 is 0. The first kappa shape index (κ1) is 54.7. The average molecular weight is 812 g/mol. The maximum absolute atomic E-state index is 12.6. The molecule has 0 fully saturated rings. The Balaban J connectivity index is 3.99. The van der Waals surface area contributed by atoms with Gasteiger partial charge in [-0.15, -0.1) is 0 Å². The van der Waals surface area contributed by atoms with Gasteiger partial charge in [-0.25, -0.2) is 4.57 Å². The van der Waals surface area contributed by atoms with E-state index in [0.717, 1.165) is 51.4 Å². The first-order valence-corrected chi connectivity index (χ1v) is 25.0. The third-order valence-electron chi connectivity index (χ3n) is 10.1. The molecule has 3 N–H and O–H groups in total. The van der Waals surface area contributed by atoms with Crippen molar-refractivity contribution in [2.24, 2.45) is 5.73 Å². The van der Waals surface area contributed by atoms with Crippen molar-refractivity contribution in [3.8, 4) is 0 Å². The number of phosphoric acid groups is 1. The molecule has 0 bridgehead atoms. The summed E-state index contributed by atoms with van der Waals surface area (Å²) in [6.45, 7) is 4.92. The van der Waals surface area contributed by atoms with Gasteiger partial charge in [0.2, 0.25) is 0 Å². The van der Waals surface area contributed by atoms with Gasteiger partial charge in [0.25, 0.3) is 0 Å². The van der Waals surface area contributed by atoms with Crippen LogP contribution in [0.4, 0.5) is 0 Å². The number of allylic oxidation sites excluding steroid dienone is 6. The first-order valence-electron chi connectivity index (χ1n) is 23.5. The summed E-state index contributed by atoms with van der Waals surface area (Å²) in [4.78, 5) is 22.5. The average Bonchev–Trinajstić information content (AvgIpc) is 3.19. The molecule has 8 nitrogen and oxygen atoms in total. The molecular formula is C47H90NO7P. The second-order valence-electron chi connectivity index (χ2n) is 15.6. The second-order valence-corrected chi connectivity index (χ2v) is 17.1. The molecule has 0 aromatic rings. The van der Waals surface area contributed by atoms with Gasteiger partial charge in [0, 0.05) is 19.6 Å². The monoisotopic (exact) mass is 812 g/mol. The predicted molar refractivity (Wildman–Crippen MR) is 238 cm³/mol. The standard InChI is InChI=1S/C47H90NO7P/c1-3-5-7-9-11-13-15-17-19-20-21-22-23-24-25-27-29-31-33-35-37-39-42-52-44-46(45-54-56(50,51)53-43-41-48)55-47(49)40-38-36-34-32-30-28-26-18-16-14-12-10-8-6-4-2/h15,17,20-21,23-24,46H,3-14,16,18-19,22,25-45,48H2,1-2H3,(H,50,51)/b17-15-,21-20-,24-23-. The number of carbonyl (C=O) groups excluding carboxylic acids is 1. The Labute approximate surface area is 346 Å². The van der Waals surface area contributed by atoms with Gasteiger partial charge in [-0.3, -0.25) is 13.8 Å².